The lowest BCUT2D eigenvalue weighted by molar-refractivity contribution is -0.149. The van der Waals surface area contributed by atoms with E-state index in [1.165, 1.54) is 4.90 Å². The van der Waals surface area contributed by atoms with E-state index in [2.05, 4.69) is 18.8 Å². The number of nitrogens with one attached hydrogen (secondary N) is 1. The lowest BCUT2D eigenvalue weighted by Crippen LogP contribution is -2.55. The smallest absolute Gasteiger partial charge is 0.408 e. The third kappa shape index (κ3) is 7.52. The van der Waals surface area contributed by atoms with Crippen LogP contribution < -0.4 is 5.32 Å². The lowest BCUT2D eigenvalue weighted by Gasteiger charge is -2.32. The molecule has 0 aromatic heterocycles. The first-order chi connectivity index (χ1) is 13.0. The third-order valence-electron chi connectivity index (χ3n) is 4.97. The van der Waals surface area contributed by atoms with Crippen molar-refractivity contribution in [3.05, 3.63) is 12.7 Å². The summed E-state index contributed by atoms with van der Waals surface area (Å²) in [6, 6.07) is -1.65. The number of hydrogen-bond donors (Lipinski definition) is 2. The summed E-state index contributed by atoms with van der Waals surface area (Å²) in [4.78, 5) is 38.4. The molecule has 4 atom stereocenters. The highest BCUT2D eigenvalue weighted by molar-refractivity contribution is 5.90. The van der Waals surface area contributed by atoms with Crippen LogP contribution in [-0.2, 0) is 14.3 Å². The largest absolute Gasteiger partial charge is 0.480 e. The van der Waals surface area contributed by atoms with Crippen LogP contribution in [0.1, 0.15) is 66.7 Å². The Morgan fingerprint density at radius 2 is 1.96 bits per heavy atom. The molecule has 0 aromatic rings. The van der Waals surface area contributed by atoms with Gasteiger partial charge in [0, 0.05) is 6.54 Å². The predicted octanol–water partition coefficient (Wildman–Crippen LogP) is 3.58. The van der Waals surface area contributed by atoms with Gasteiger partial charge in [0.25, 0.3) is 0 Å². The van der Waals surface area contributed by atoms with Crippen molar-refractivity contribution in [3.63, 3.8) is 0 Å². The Hall–Kier alpha value is -2.05. The fourth-order valence-corrected chi connectivity index (χ4v) is 3.64. The van der Waals surface area contributed by atoms with E-state index in [0.717, 1.165) is 19.3 Å². The number of hydrogen-bond acceptors (Lipinski definition) is 4. The molecule has 160 valence electrons. The van der Waals surface area contributed by atoms with Gasteiger partial charge in [-0.15, -0.1) is 6.58 Å². The van der Waals surface area contributed by atoms with Crippen molar-refractivity contribution in [2.24, 2.45) is 11.8 Å². The van der Waals surface area contributed by atoms with Crippen molar-refractivity contribution in [2.75, 3.05) is 6.54 Å². The first-order valence-electron chi connectivity index (χ1n) is 10.1. The highest BCUT2D eigenvalue weighted by atomic mass is 16.6. The van der Waals surface area contributed by atoms with Gasteiger partial charge in [0.1, 0.15) is 17.7 Å². The molecule has 0 radical (unpaired) electrons. The summed E-state index contributed by atoms with van der Waals surface area (Å²) in [5, 5.41) is 12.1. The summed E-state index contributed by atoms with van der Waals surface area (Å²) < 4.78 is 5.32. The molecule has 0 bridgehead atoms. The molecule has 0 spiro atoms. The molecule has 7 heteroatoms. The first kappa shape index (κ1) is 24.0. The van der Waals surface area contributed by atoms with Crippen molar-refractivity contribution in [1.82, 2.24) is 10.2 Å². The minimum atomic E-state index is -1.01. The number of carbonyl (C=O) groups excluding carboxylic acids is 2. The van der Waals surface area contributed by atoms with Crippen LogP contribution in [0, 0.1) is 11.8 Å². The molecule has 1 aliphatic rings. The summed E-state index contributed by atoms with van der Waals surface area (Å²) >= 11 is 0. The van der Waals surface area contributed by atoms with Gasteiger partial charge in [0.15, 0.2) is 0 Å². The average Bonchev–Trinajstić information content (AvgIpc) is 3.05. The van der Waals surface area contributed by atoms with Crippen LogP contribution in [0.4, 0.5) is 4.79 Å². The van der Waals surface area contributed by atoms with E-state index in [1.807, 2.05) is 13.0 Å². The van der Waals surface area contributed by atoms with Crippen LogP contribution in [0.2, 0.25) is 0 Å². The molecule has 7 nitrogen and oxygen atoms in total. The van der Waals surface area contributed by atoms with Crippen molar-refractivity contribution >= 4 is 18.0 Å². The quantitative estimate of drug-likeness (QED) is 0.581. The normalized spacial score (nSPS) is 20.2. The lowest BCUT2D eigenvalue weighted by atomic mass is 9.88. The summed E-state index contributed by atoms with van der Waals surface area (Å²) in [6.45, 7) is 13.4. The number of carbonyl (C=O) groups is 3. The Bertz CT molecular complexity index is 570. The number of likely N-dealkylation sites (tertiary alicyclic amines) is 1. The third-order valence-corrected chi connectivity index (χ3v) is 4.97. The van der Waals surface area contributed by atoms with E-state index in [0.29, 0.717) is 25.3 Å². The number of carboxylic acids is 1. The van der Waals surface area contributed by atoms with E-state index in [1.54, 1.807) is 20.8 Å². The van der Waals surface area contributed by atoms with Gasteiger partial charge in [-0.3, -0.25) is 4.79 Å². The minimum absolute atomic E-state index is 0.158. The maximum absolute atomic E-state index is 13.2. The second kappa shape index (κ2) is 10.5. The van der Waals surface area contributed by atoms with E-state index in [9.17, 15) is 19.5 Å². The Morgan fingerprint density at radius 3 is 2.50 bits per heavy atom. The van der Waals surface area contributed by atoms with Gasteiger partial charge in [-0.25, -0.2) is 9.59 Å². The monoisotopic (exact) mass is 396 g/mol. The van der Waals surface area contributed by atoms with E-state index in [4.69, 9.17) is 4.74 Å². The fraction of sp³-hybridized carbons (Fsp3) is 0.762. The summed E-state index contributed by atoms with van der Waals surface area (Å²) in [7, 11) is 0. The number of aliphatic carboxylic acids is 1. The fourth-order valence-electron chi connectivity index (χ4n) is 3.64. The van der Waals surface area contributed by atoms with Crippen molar-refractivity contribution in [1.29, 1.82) is 0 Å². The number of nitrogens with zero attached hydrogens (tertiary/aromatic N) is 1. The second-order valence-electron chi connectivity index (χ2n) is 8.84. The van der Waals surface area contributed by atoms with Crippen LogP contribution in [0.25, 0.3) is 0 Å². The molecule has 1 fully saturated rings. The zero-order valence-corrected chi connectivity index (χ0v) is 17.9. The number of amides is 2. The van der Waals surface area contributed by atoms with E-state index >= 15 is 0 Å². The predicted molar refractivity (Wildman–Crippen MR) is 108 cm³/mol. The number of alkyl carbamates (subject to hydrolysis) is 1. The maximum Gasteiger partial charge on any atom is 0.408 e. The molecule has 1 heterocycles. The van der Waals surface area contributed by atoms with Crippen molar-refractivity contribution < 1.29 is 24.2 Å². The van der Waals surface area contributed by atoms with Gasteiger partial charge in [0.2, 0.25) is 5.91 Å². The SMILES string of the molecule is C=CCCC(C)C[C@@H](C)C(NC(=O)OC(C)(C)C)C(=O)N1CCC[C@H]1C(=O)O. The van der Waals surface area contributed by atoms with Crippen molar-refractivity contribution in [2.45, 2.75) is 84.4 Å². The zero-order valence-electron chi connectivity index (χ0n) is 17.9. The topological polar surface area (TPSA) is 95.9 Å². The summed E-state index contributed by atoms with van der Waals surface area (Å²) in [5.74, 6) is -1.17. The minimum Gasteiger partial charge on any atom is -0.480 e. The van der Waals surface area contributed by atoms with E-state index < -0.39 is 29.7 Å². The molecular formula is C21H36N2O5. The number of allylic oxidation sites excluding steroid dienone is 1. The molecule has 0 aromatic carbocycles. The molecule has 2 amide bonds. The molecule has 2 N–H and O–H groups in total. The molecule has 2 unspecified atom stereocenters. The van der Waals surface area contributed by atoms with Crippen molar-refractivity contribution in [3.8, 4) is 0 Å². The molecule has 1 saturated heterocycles. The Balaban J connectivity index is 2.95. The average molecular weight is 397 g/mol. The highest BCUT2D eigenvalue weighted by Gasteiger charge is 2.40. The summed E-state index contributed by atoms with van der Waals surface area (Å²) in [5.41, 5.74) is -0.685. The molecule has 1 rings (SSSR count). The van der Waals surface area contributed by atoms with E-state index in [-0.39, 0.29) is 11.8 Å². The standard InChI is InChI=1S/C21H36N2O5/c1-7-8-10-14(2)13-15(3)17(22-20(27)28-21(4,5)6)18(24)23-12-9-11-16(23)19(25)26/h7,14-17H,1,8-13H2,2-6H3,(H,22,27)(H,25,26)/t14?,15-,16+,17?/m1/s1. The Kier molecular flexibility index (Phi) is 8.98. The van der Waals surface area contributed by atoms with Gasteiger partial charge in [-0.05, 0) is 64.7 Å². The number of ether oxygens (including phenoxy) is 1. The van der Waals surface area contributed by atoms with Crippen LogP contribution in [0.5, 0.6) is 0 Å². The summed E-state index contributed by atoms with van der Waals surface area (Å²) in [6.07, 6.45) is 4.84. The number of rotatable bonds is 9. The molecule has 28 heavy (non-hydrogen) atoms. The van der Waals surface area contributed by atoms with Crippen LogP contribution in [-0.4, -0.2) is 52.2 Å². The molecule has 0 saturated carbocycles. The van der Waals surface area contributed by atoms with Gasteiger partial charge < -0.3 is 20.1 Å². The highest BCUT2D eigenvalue weighted by Crippen LogP contribution is 2.25. The van der Waals surface area contributed by atoms with Crippen LogP contribution >= 0.6 is 0 Å². The number of carboxylic acid groups (broad SMARTS) is 1. The maximum atomic E-state index is 13.2. The second-order valence-corrected chi connectivity index (χ2v) is 8.84. The molecular weight excluding hydrogens is 360 g/mol. The Morgan fingerprint density at radius 1 is 1.32 bits per heavy atom. The van der Waals surface area contributed by atoms with Crippen LogP contribution in [0.15, 0.2) is 12.7 Å². The Labute approximate surface area is 168 Å². The molecule has 0 aliphatic carbocycles. The van der Waals surface area contributed by atoms with Gasteiger partial charge in [-0.2, -0.15) is 0 Å². The van der Waals surface area contributed by atoms with Gasteiger partial charge in [0.05, 0.1) is 0 Å². The first-order valence-corrected chi connectivity index (χ1v) is 10.1. The zero-order chi connectivity index (χ0) is 21.5. The molecule has 1 aliphatic heterocycles. The van der Waals surface area contributed by atoms with Gasteiger partial charge in [-0.1, -0.05) is 19.9 Å². The van der Waals surface area contributed by atoms with Gasteiger partial charge >= 0.3 is 12.1 Å². The van der Waals surface area contributed by atoms with Crippen LogP contribution in [0.3, 0.4) is 0 Å².